The van der Waals surface area contributed by atoms with Crippen LogP contribution in [0.15, 0.2) is 27.4 Å². The first-order chi connectivity index (χ1) is 12.0. The highest BCUT2D eigenvalue weighted by Crippen LogP contribution is 2.31. The average Bonchev–Trinajstić information content (AvgIpc) is 3.31. The largest absolute Gasteiger partial charge is 0.360 e. The van der Waals surface area contributed by atoms with E-state index in [0.29, 0.717) is 0 Å². The minimum atomic E-state index is 0.796. The van der Waals surface area contributed by atoms with E-state index >= 15 is 0 Å². The van der Waals surface area contributed by atoms with E-state index in [2.05, 4.69) is 45.4 Å². The highest BCUT2D eigenvalue weighted by Gasteiger charge is 2.17. The zero-order valence-corrected chi connectivity index (χ0v) is 16.2. The van der Waals surface area contributed by atoms with Crippen LogP contribution in [-0.4, -0.2) is 19.7 Å². The topological polar surface area (TPSA) is 56.7 Å². The normalized spacial score (nSPS) is 11.4. The fraction of sp³-hybridized carbons (Fsp3) is 0.278. The molecule has 0 atom stereocenters. The van der Waals surface area contributed by atoms with Crippen molar-refractivity contribution in [3.63, 3.8) is 0 Å². The summed E-state index contributed by atoms with van der Waals surface area (Å²) in [6.45, 7) is 8.09. The van der Waals surface area contributed by atoms with Gasteiger partial charge in [-0.15, -0.1) is 22.7 Å². The highest BCUT2D eigenvalue weighted by atomic mass is 32.1. The monoisotopic (exact) mass is 370 g/mol. The van der Waals surface area contributed by atoms with E-state index in [4.69, 9.17) is 9.51 Å². The van der Waals surface area contributed by atoms with Crippen molar-refractivity contribution in [2.75, 3.05) is 0 Å². The molecule has 0 bridgehead atoms. The third-order valence-electron chi connectivity index (χ3n) is 4.07. The van der Waals surface area contributed by atoms with Crippen molar-refractivity contribution in [1.29, 1.82) is 0 Å². The van der Waals surface area contributed by atoms with Gasteiger partial charge in [0.15, 0.2) is 5.82 Å². The lowest BCUT2D eigenvalue weighted by Crippen LogP contribution is -1.99. The number of hydrogen-bond acceptors (Lipinski definition) is 6. The SMILES string of the molecule is Cc1csc(Cc2nc(-c3cc(C)n(-c4cc(C)on4)c3C)cs2)n1. The Morgan fingerprint density at radius 3 is 2.44 bits per heavy atom. The summed E-state index contributed by atoms with van der Waals surface area (Å²) in [6.07, 6.45) is 0.796. The predicted octanol–water partition coefficient (Wildman–Crippen LogP) is 4.87. The molecule has 0 aliphatic heterocycles. The first kappa shape index (κ1) is 16.2. The third-order valence-corrected chi connectivity index (χ3v) is 5.89. The predicted molar refractivity (Wildman–Crippen MR) is 101 cm³/mol. The van der Waals surface area contributed by atoms with E-state index in [9.17, 15) is 0 Å². The molecule has 0 aliphatic carbocycles. The van der Waals surface area contributed by atoms with E-state index in [-0.39, 0.29) is 0 Å². The summed E-state index contributed by atoms with van der Waals surface area (Å²) in [4.78, 5) is 9.36. The van der Waals surface area contributed by atoms with Crippen molar-refractivity contribution < 1.29 is 4.52 Å². The van der Waals surface area contributed by atoms with Gasteiger partial charge in [0.25, 0.3) is 0 Å². The molecule has 0 unspecified atom stereocenters. The van der Waals surface area contributed by atoms with Crippen molar-refractivity contribution in [3.05, 3.63) is 55.8 Å². The third kappa shape index (κ3) is 3.05. The molecule has 0 saturated carbocycles. The van der Waals surface area contributed by atoms with Gasteiger partial charge < -0.3 is 4.52 Å². The van der Waals surface area contributed by atoms with Crippen LogP contribution in [0, 0.1) is 27.7 Å². The van der Waals surface area contributed by atoms with Gasteiger partial charge in [-0.05, 0) is 33.8 Å². The quantitative estimate of drug-likeness (QED) is 0.514. The maximum absolute atomic E-state index is 5.23. The number of nitrogens with zero attached hydrogens (tertiary/aromatic N) is 4. The zero-order valence-electron chi connectivity index (χ0n) is 14.5. The Morgan fingerprint density at radius 1 is 1.00 bits per heavy atom. The lowest BCUT2D eigenvalue weighted by molar-refractivity contribution is 0.394. The fourth-order valence-corrected chi connectivity index (χ4v) is 4.63. The molecule has 4 aromatic heterocycles. The van der Waals surface area contributed by atoms with Crippen LogP contribution in [0.25, 0.3) is 17.1 Å². The van der Waals surface area contributed by atoms with Crippen molar-refractivity contribution in [2.24, 2.45) is 0 Å². The molecule has 0 N–H and O–H groups in total. The van der Waals surface area contributed by atoms with Gasteiger partial charge in [0, 0.05) is 39.5 Å². The van der Waals surface area contributed by atoms with Crippen molar-refractivity contribution in [1.82, 2.24) is 19.7 Å². The number of thiazole rings is 2. The maximum atomic E-state index is 5.23. The Kier molecular flexibility index (Phi) is 4.05. The fourth-order valence-electron chi connectivity index (χ4n) is 2.96. The van der Waals surface area contributed by atoms with Crippen LogP contribution in [0.1, 0.15) is 32.9 Å². The Morgan fingerprint density at radius 2 is 1.76 bits per heavy atom. The van der Waals surface area contributed by atoms with Gasteiger partial charge in [-0.25, -0.2) is 9.97 Å². The van der Waals surface area contributed by atoms with E-state index in [1.54, 1.807) is 22.7 Å². The summed E-state index contributed by atoms with van der Waals surface area (Å²) in [6, 6.07) is 4.10. The van der Waals surface area contributed by atoms with Gasteiger partial charge in [-0.1, -0.05) is 5.16 Å². The van der Waals surface area contributed by atoms with Crippen LogP contribution in [0.5, 0.6) is 0 Å². The van der Waals surface area contributed by atoms with Crippen molar-refractivity contribution in [2.45, 2.75) is 34.1 Å². The lowest BCUT2D eigenvalue weighted by Gasteiger charge is -2.04. The van der Waals surface area contributed by atoms with Crippen LogP contribution in [0.4, 0.5) is 0 Å². The Bertz CT molecular complexity index is 1040. The smallest absolute Gasteiger partial charge is 0.180 e. The molecule has 0 amide bonds. The van der Waals surface area contributed by atoms with E-state index < -0.39 is 0 Å². The molecule has 128 valence electrons. The summed E-state index contributed by atoms with van der Waals surface area (Å²) in [5, 5.41) is 10.5. The average molecular weight is 371 g/mol. The molecule has 0 aromatic carbocycles. The summed E-state index contributed by atoms with van der Waals surface area (Å²) >= 11 is 3.38. The highest BCUT2D eigenvalue weighted by molar-refractivity contribution is 7.11. The molecule has 0 saturated heterocycles. The molecule has 5 nitrogen and oxygen atoms in total. The minimum absolute atomic E-state index is 0.796. The van der Waals surface area contributed by atoms with Gasteiger partial charge in [0.2, 0.25) is 0 Å². The lowest BCUT2D eigenvalue weighted by atomic mass is 10.2. The van der Waals surface area contributed by atoms with Crippen molar-refractivity contribution in [3.8, 4) is 17.1 Å². The van der Waals surface area contributed by atoms with E-state index in [1.165, 1.54) is 0 Å². The summed E-state index contributed by atoms with van der Waals surface area (Å²) in [5.41, 5.74) is 5.45. The Hall–Kier alpha value is -2.25. The molecule has 4 aromatic rings. The second-order valence-corrected chi connectivity index (χ2v) is 7.99. The zero-order chi connectivity index (χ0) is 17.6. The van der Waals surface area contributed by atoms with Gasteiger partial charge in [0.05, 0.1) is 17.1 Å². The van der Waals surface area contributed by atoms with Gasteiger partial charge in [0.1, 0.15) is 10.8 Å². The molecule has 0 aliphatic rings. The molecule has 0 radical (unpaired) electrons. The Balaban J connectivity index is 1.66. The van der Waals surface area contributed by atoms with Gasteiger partial charge >= 0.3 is 0 Å². The van der Waals surface area contributed by atoms with Gasteiger partial charge in [-0.3, -0.25) is 4.57 Å². The van der Waals surface area contributed by atoms with Crippen LogP contribution in [0.2, 0.25) is 0 Å². The second kappa shape index (κ2) is 6.24. The first-order valence-corrected chi connectivity index (χ1v) is 9.75. The van der Waals surface area contributed by atoms with Gasteiger partial charge in [-0.2, -0.15) is 0 Å². The number of aromatic nitrogens is 4. The molecule has 7 heteroatoms. The van der Waals surface area contributed by atoms with Crippen LogP contribution in [0.3, 0.4) is 0 Å². The number of rotatable bonds is 4. The molecule has 0 spiro atoms. The van der Waals surface area contributed by atoms with Crippen molar-refractivity contribution >= 4 is 22.7 Å². The molecular formula is C18H18N4OS2. The van der Waals surface area contributed by atoms with E-state index in [0.717, 1.165) is 56.4 Å². The summed E-state index contributed by atoms with van der Waals surface area (Å²) in [7, 11) is 0. The van der Waals surface area contributed by atoms with Crippen LogP contribution < -0.4 is 0 Å². The first-order valence-electron chi connectivity index (χ1n) is 7.99. The standard InChI is InChI=1S/C18H18N4OS2/c1-10-8-24-17(19-10)7-18-20-15(9-25-18)14-5-11(2)22(13(14)4)16-6-12(3)23-21-16/h5-6,8-9H,7H2,1-4H3. The number of aryl methyl sites for hydroxylation is 3. The molecule has 4 heterocycles. The minimum Gasteiger partial charge on any atom is -0.360 e. The van der Waals surface area contributed by atoms with Crippen LogP contribution >= 0.6 is 22.7 Å². The van der Waals surface area contributed by atoms with E-state index in [1.807, 2.05) is 19.9 Å². The second-order valence-electron chi connectivity index (χ2n) is 6.10. The molecular weight excluding hydrogens is 352 g/mol. The summed E-state index contributed by atoms with van der Waals surface area (Å²) in [5.74, 6) is 1.62. The molecule has 4 rings (SSSR count). The molecule has 0 fully saturated rings. The Labute approximate surface area is 154 Å². The number of hydrogen-bond donors (Lipinski definition) is 0. The maximum Gasteiger partial charge on any atom is 0.180 e. The van der Waals surface area contributed by atoms with Crippen LogP contribution in [-0.2, 0) is 6.42 Å². The molecule has 25 heavy (non-hydrogen) atoms. The summed E-state index contributed by atoms with van der Waals surface area (Å²) < 4.78 is 7.33.